The van der Waals surface area contributed by atoms with E-state index in [-0.39, 0.29) is 18.2 Å². The Kier molecular flexibility index (Phi) is 2.31. The van der Waals surface area contributed by atoms with Gasteiger partial charge in [0.15, 0.2) is 0 Å². The minimum atomic E-state index is -0.0655. The van der Waals surface area contributed by atoms with Crippen molar-refractivity contribution in [2.75, 3.05) is 18.5 Å². The van der Waals surface area contributed by atoms with Gasteiger partial charge in [-0.15, -0.1) is 0 Å². The summed E-state index contributed by atoms with van der Waals surface area (Å²) < 4.78 is 9.76. The van der Waals surface area contributed by atoms with Gasteiger partial charge in [-0.05, 0) is 19.3 Å². The van der Waals surface area contributed by atoms with Gasteiger partial charge < -0.3 is 9.64 Å². The van der Waals surface area contributed by atoms with Crippen molar-refractivity contribution >= 4 is 22.7 Å². The maximum absolute atomic E-state index is 12.1. The molecule has 1 aliphatic carbocycles. The first kappa shape index (κ1) is 10.7. The van der Waals surface area contributed by atoms with E-state index in [1.165, 1.54) is 24.4 Å². The quantitative estimate of drug-likeness (QED) is 0.879. The first-order chi connectivity index (χ1) is 8.79. The van der Waals surface area contributed by atoms with E-state index < -0.39 is 0 Å². The molecule has 1 aromatic rings. The van der Waals surface area contributed by atoms with Crippen LogP contribution in [0.25, 0.3) is 0 Å². The fourth-order valence-electron chi connectivity index (χ4n) is 2.60. The van der Waals surface area contributed by atoms with Gasteiger partial charge in [-0.3, -0.25) is 5.32 Å². The van der Waals surface area contributed by atoms with Crippen LogP contribution in [0.3, 0.4) is 0 Å². The Bertz CT molecular complexity index is 487. The van der Waals surface area contributed by atoms with Crippen molar-refractivity contribution in [1.29, 1.82) is 0 Å². The van der Waals surface area contributed by atoms with Gasteiger partial charge in [0.25, 0.3) is 0 Å². The Balaban J connectivity index is 1.42. The first-order valence-corrected chi connectivity index (χ1v) is 7.10. The molecule has 0 aromatic carbocycles. The summed E-state index contributed by atoms with van der Waals surface area (Å²) in [7, 11) is 0. The van der Waals surface area contributed by atoms with Crippen LogP contribution in [-0.2, 0) is 4.74 Å². The van der Waals surface area contributed by atoms with Gasteiger partial charge in [0.1, 0.15) is 5.82 Å². The molecule has 2 aliphatic heterocycles. The topological polar surface area (TPSA) is 67.4 Å². The van der Waals surface area contributed by atoms with Crippen LogP contribution in [0.5, 0.6) is 0 Å². The van der Waals surface area contributed by atoms with E-state index in [0.717, 1.165) is 12.2 Å². The fourth-order valence-corrected chi connectivity index (χ4v) is 3.24. The smallest absolute Gasteiger partial charge is 0.324 e. The molecule has 0 spiro atoms. The highest BCUT2D eigenvalue weighted by atomic mass is 32.1. The molecular formula is C11H14N4O2S. The average Bonchev–Trinajstić information content (AvgIpc) is 2.82. The number of hydrogen-bond acceptors (Lipinski definition) is 5. The maximum atomic E-state index is 12.1. The van der Waals surface area contributed by atoms with Crippen molar-refractivity contribution in [2.45, 2.75) is 37.3 Å². The fraction of sp³-hybridized carbons (Fsp3) is 0.727. The second-order valence-electron chi connectivity index (χ2n) is 5.16. The lowest BCUT2D eigenvalue weighted by Crippen LogP contribution is -2.43. The molecule has 3 heterocycles. The summed E-state index contributed by atoms with van der Waals surface area (Å²) in [6, 6.07) is 0.176. The number of hydrogen-bond donors (Lipinski definition) is 1. The zero-order valence-corrected chi connectivity index (χ0v) is 10.7. The second-order valence-corrected chi connectivity index (χ2v) is 5.91. The van der Waals surface area contributed by atoms with Crippen LogP contribution in [0, 0.1) is 0 Å². The van der Waals surface area contributed by atoms with E-state index in [9.17, 15) is 4.79 Å². The third-order valence-corrected chi connectivity index (χ3v) is 4.40. The summed E-state index contributed by atoms with van der Waals surface area (Å²) >= 11 is 1.27. The molecule has 7 heteroatoms. The van der Waals surface area contributed by atoms with Crippen molar-refractivity contribution in [3.05, 3.63) is 5.82 Å². The van der Waals surface area contributed by atoms with E-state index in [4.69, 9.17) is 4.74 Å². The minimum Gasteiger partial charge on any atom is -0.374 e. The van der Waals surface area contributed by atoms with E-state index in [1.54, 1.807) is 0 Å². The molecule has 0 unspecified atom stereocenters. The molecule has 1 saturated carbocycles. The molecule has 3 aliphatic rings. The molecule has 2 amide bonds. The molecule has 1 aromatic heterocycles. The van der Waals surface area contributed by atoms with Crippen molar-refractivity contribution < 1.29 is 9.53 Å². The standard InChI is InChI=1S/C11H14N4O2S/c16-11(15-4-8-3-7(15)5-17-8)13-10-12-9(14-18-10)6-1-2-6/h6-8H,1-5H2,(H,12,13,14,16)/t7-,8-/m0/s1. The van der Waals surface area contributed by atoms with Crippen LogP contribution in [0.2, 0.25) is 0 Å². The first-order valence-electron chi connectivity index (χ1n) is 6.32. The van der Waals surface area contributed by atoms with Crippen LogP contribution in [0.1, 0.15) is 31.0 Å². The number of fused-ring (bicyclic) bond motifs is 2. The number of rotatable bonds is 2. The number of ether oxygens (including phenoxy) is 1. The monoisotopic (exact) mass is 266 g/mol. The number of likely N-dealkylation sites (tertiary alicyclic amines) is 1. The highest BCUT2D eigenvalue weighted by molar-refractivity contribution is 7.09. The van der Waals surface area contributed by atoms with E-state index >= 15 is 0 Å². The highest BCUT2D eigenvalue weighted by Gasteiger charge is 2.41. The van der Waals surface area contributed by atoms with Crippen molar-refractivity contribution in [2.24, 2.45) is 0 Å². The number of carbonyl (C=O) groups excluding carboxylic acids is 1. The zero-order valence-electron chi connectivity index (χ0n) is 9.83. The number of nitrogens with one attached hydrogen (secondary N) is 1. The number of aromatic nitrogens is 2. The lowest BCUT2D eigenvalue weighted by Gasteiger charge is -2.26. The minimum absolute atomic E-state index is 0.0655. The summed E-state index contributed by atoms with van der Waals surface area (Å²) in [5.41, 5.74) is 0. The lowest BCUT2D eigenvalue weighted by molar-refractivity contribution is 0.0473. The predicted molar refractivity (Wildman–Crippen MR) is 65.8 cm³/mol. The largest absolute Gasteiger partial charge is 0.374 e. The normalized spacial score (nSPS) is 29.9. The molecule has 2 atom stereocenters. The Labute approximate surface area is 109 Å². The Morgan fingerprint density at radius 2 is 2.39 bits per heavy atom. The third-order valence-electron chi connectivity index (χ3n) is 3.76. The molecule has 2 bridgehead atoms. The highest BCUT2D eigenvalue weighted by Crippen LogP contribution is 2.39. The molecule has 3 fully saturated rings. The molecule has 2 saturated heterocycles. The summed E-state index contributed by atoms with van der Waals surface area (Å²) in [5.74, 6) is 1.42. The van der Waals surface area contributed by atoms with Crippen molar-refractivity contribution in [3.63, 3.8) is 0 Å². The molecule has 96 valence electrons. The maximum Gasteiger partial charge on any atom is 0.324 e. The SMILES string of the molecule is O=C(Nc1nc(C2CC2)ns1)N1C[C@@H]2C[C@H]1CO2. The average molecular weight is 266 g/mol. The van der Waals surface area contributed by atoms with Crippen LogP contribution in [-0.4, -0.2) is 45.6 Å². The van der Waals surface area contributed by atoms with Crippen LogP contribution < -0.4 is 5.32 Å². The van der Waals surface area contributed by atoms with Gasteiger partial charge >= 0.3 is 6.03 Å². The van der Waals surface area contributed by atoms with E-state index in [2.05, 4.69) is 14.7 Å². The number of nitrogens with zero attached hydrogens (tertiary/aromatic N) is 3. The molecule has 4 rings (SSSR count). The zero-order chi connectivity index (χ0) is 12.1. The number of amides is 2. The van der Waals surface area contributed by atoms with Crippen LogP contribution in [0.15, 0.2) is 0 Å². The predicted octanol–water partition coefficient (Wildman–Crippen LogP) is 1.42. The van der Waals surface area contributed by atoms with Gasteiger partial charge in [-0.25, -0.2) is 9.78 Å². The second kappa shape index (κ2) is 3.89. The summed E-state index contributed by atoms with van der Waals surface area (Å²) in [6.07, 6.45) is 3.56. The number of urea groups is 1. The molecule has 6 nitrogen and oxygen atoms in total. The van der Waals surface area contributed by atoms with Gasteiger partial charge in [0.2, 0.25) is 5.13 Å². The number of anilines is 1. The van der Waals surface area contributed by atoms with Crippen molar-refractivity contribution in [3.8, 4) is 0 Å². The van der Waals surface area contributed by atoms with Gasteiger partial charge in [0.05, 0.1) is 18.8 Å². The molecule has 0 radical (unpaired) electrons. The lowest BCUT2D eigenvalue weighted by atomic mass is 10.2. The molecule has 18 heavy (non-hydrogen) atoms. The molecular weight excluding hydrogens is 252 g/mol. The summed E-state index contributed by atoms with van der Waals surface area (Å²) in [5, 5.41) is 3.46. The Morgan fingerprint density at radius 3 is 3.06 bits per heavy atom. The summed E-state index contributed by atoms with van der Waals surface area (Å²) in [6.45, 7) is 1.37. The van der Waals surface area contributed by atoms with E-state index in [0.29, 0.717) is 24.2 Å². The number of morpholine rings is 1. The molecule has 1 N–H and O–H groups in total. The Morgan fingerprint density at radius 1 is 1.50 bits per heavy atom. The van der Waals surface area contributed by atoms with Gasteiger partial charge in [0, 0.05) is 24.0 Å². The van der Waals surface area contributed by atoms with Crippen molar-refractivity contribution in [1.82, 2.24) is 14.3 Å². The van der Waals surface area contributed by atoms with Gasteiger partial charge in [-0.1, -0.05) is 0 Å². The van der Waals surface area contributed by atoms with Gasteiger partial charge in [-0.2, -0.15) is 4.37 Å². The third kappa shape index (κ3) is 1.78. The Hall–Kier alpha value is -1.21. The van der Waals surface area contributed by atoms with E-state index in [1.807, 2.05) is 4.90 Å². The van der Waals surface area contributed by atoms with Crippen LogP contribution in [0.4, 0.5) is 9.93 Å². The van der Waals surface area contributed by atoms with Crippen LogP contribution >= 0.6 is 11.5 Å². The summed E-state index contributed by atoms with van der Waals surface area (Å²) in [4.78, 5) is 18.3. The number of carbonyl (C=O) groups is 1.